The van der Waals surface area contributed by atoms with Crippen LogP contribution in [0, 0.1) is 0 Å². The summed E-state index contributed by atoms with van der Waals surface area (Å²) in [5.74, 6) is 1.97. The molecule has 8 aromatic carbocycles. The molecule has 0 aliphatic carbocycles. The number of fused-ring (bicyclic) bond motifs is 9. The van der Waals surface area contributed by atoms with Crippen molar-refractivity contribution in [1.82, 2.24) is 19.5 Å². The molecule has 11 rings (SSSR count). The van der Waals surface area contributed by atoms with E-state index < -0.39 is 0 Å². The summed E-state index contributed by atoms with van der Waals surface area (Å²) in [6.07, 6.45) is 0. The second-order valence-electron chi connectivity index (χ2n) is 13.2. The lowest BCUT2D eigenvalue weighted by Gasteiger charge is -2.11. The van der Waals surface area contributed by atoms with Gasteiger partial charge in [-0.1, -0.05) is 115 Å². The van der Waals surface area contributed by atoms with E-state index in [0.717, 1.165) is 22.4 Å². The van der Waals surface area contributed by atoms with Crippen LogP contribution in [0.4, 0.5) is 0 Å². The van der Waals surface area contributed by atoms with Crippen molar-refractivity contribution in [3.05, 3.63) is 170 Å². The van der Waals surface area contributed by atoms with E-state index in [4.69, 9.17) is 15.0 Å². The maximum atomic E-state index is 5.17. The molecular formula is C47H28N4S. The topological polar surface area (TPSA) is 43.6 Å². The van der Waals surface area contributed by atoms with Crippen LogP contribution in [-0.2, 0) is 0 Å². The monoisotopic (exact) mass is 680 g/mol. The molecular weight excluding hydrogens is 653 g/mol. The standard InChI is InChI=1S/C47H28N4S/c1-2-12-30(13-3-1)45-48-46(50-47(49-45)37-18-10-20-42-44(37)36-17-8-9-19-41(36)52-42)31-21-24-34(25-22-31)51-39-26-23-29-11-6-7-16-35(29)43(39)38-27-32-14-4-5-15-33(32)28-40(38)51/h1-28H. The quantitative estimate of drug-likeness (QED) is 0.186. The van der Waals surface area contributed by atoms with Crippen LogP contribution >= 0.6 is 11.3 Å². The van der Waals surface area contributed by atoms with Crippen LogP contribution in [0.15, 0.2) is 170 Å². The molecule has 0 radical (unpaired) electrons. The third-order valence-corrected chi connectivity index (χ3v) is 11.4. The Hall–Kier alpha value is -6.69. The van der Waals surface area contributed by atoms with Gasteiger partial charge in [0.05, 0.1) is 11.0 Å². The molecule has 0 saturated carbocycles. The summed E-state index contributed by atoms with van der Waals surface area (Å²) in [7, 11) is 0. The highest BCUT2D eigenvalue weighted by Crippen LogP contribution is 2.41. The zero-order valence-corrected chi connectivity index (χ0v) is 28.7. The van der Waals surface area contributed by atoms with E-state index in [9.17, 15) is 0 Å². The summed E-state index contributed by atoms with van der Waals surface area (Å²) < 4.78 is 4.87. The van der Waals surface area contributed by atoms with Crippen molar-refractivity contribution in [2.75, 3.05) is 0 Å². The van der Waals surface area contributed by atoms with Crippen LogP contribution in [0.5, 0.6) is 0 Å². The predicted octanol–water partition coefficient (Wildman–Crippen LogP) is 12.6. The lowest BCUT2D eigenvalue weighted by molar-refractivity contribution is 1.07. The average molecular weight is 681 g/mol. The second kappa shape index (κ2) is 11.4. The maximum Gasteiger partial charge on any atom is 0.164 e. The second-order valence-corrected chi connectivity index (χ2v) is 14.3. The summed E-state index contributed by atoms with van der Waals surface area (Å²) in [5, 5.41) is 9.88. The highest BCUT2D eigenvalue weighted by Gasteiger charge is 2.19. The molecule has 52 heavy (non-hydrogen) atoms. The molecule has 0 saturated heterocycles. The molecule has 242 valence electrons. The Morgan fingerprint density at radius 2 is 1.02 bits per heavy atom. The minimum Gasteiger partial charge on any atom is -0.309 e. The molecule has 3 aromatic heterocycles. The van der Waals surface area contributed by atoms with Gasteiger partial charge in [-0.25, -0.2) is 15.0 Å². The fourth-order valence-corrected chi connectivity index (χ4v) is 8.95. The Labute approximate surface area is 302 Å². The van der Waals surface area contributed by atoms with E-state index in [1.807, 2.05) is 18.2 Å². The fourth-order valence-electron chi connectivity index (χ4n) is 7.81. The minimum absolute atomic E-state index is 0.645. The third-order valence-electron chi connectivity index (χ3n) is 10.2. The Morgan fingerprint density at radius 3 is 1.83 bits per heavy atom. The van der Waals surface area contributed by atoms with E-state index >= 15 is 0 Å². The molecule has 5 heteroatoms. The van der Waals surface area contributed by atoms with Gasteiger partial charge in [-0.2, -0.15) is 0 Å². The lowest BCUT2D eigenvalue weighted by atomic mass is 10.0. The Balaban J connectivity index is 1.11. The van der Waals surface area contributed by atoms with Gasteiger partial charge in [0.1, 0.15) is 0 Å². The Morgan fingerprint density at radius 1 is 0.385 bits per heavy atom. The van der Waals surface area contributed by atoms with Crippen LogP contribution in [0.2, 0.25) is 0 Å². The smallest absolute Gasteiger partial charge is 0.164 e. The molecule has 4 nitrogen and oxygen atoms in total. The summed E-state index contributed by atoms with van der Waals surface area (Å²) in [6, 6.07) is 60.3. The minimum atomic E-state index is 0.645. The maximum absolute atomic E-state index is 5.17. The third kappa shape index (κ3) is 4.50. The molecule has 11 aromatic rings. The molecule has 0 fully saturated rings. The van der Waals surface area contributed by atoms with Crippen molar-refractivity contribution >= 4 is 74.9 Å². The van der Waals surface area contributed by atoms with Crippen molar-refractivity contribution in [3.63, 3.8) is 0 Å². The molecule has 0 amide bonds. The zero-order chi connectivity index (χ0) is 34.2. The van der Waals surface area contributed by atoms with Crippen molar-refractivity contribution in [3.8, 4) is 39.9 Å². The first-order valence-electron chi connectivity index (χ1n) is 17.4. The van der Waals surface area contributed by atoms with Crippen LogP contribution in [0.25, 0.3) is 103 Å². The largest absolute Gasteiger partial charge is 0.309 e. The van der Waals surface area contributed by atoms with E-state index in [-0.39, 0.29) is 0 Å². The van der Waals surface area contributed by atoms with E-state index in [1.54, 1.807) is 11.3 Å². The number of thiophene rings is 1. The van der Waals surface area contributed by atoms with Crippen molar-refractivity contribution in [2.24, 2.45) is 0 Å². The predicted molar refractivity (Wildman–Crippen MR) is 218 cm³/mol. The SMILES string of the molecule is c1ccc(-c2nc(-c3ccc(-n4c5cc6ccccc6cc5c5c6ccccc6ccc54)cc3)nc(-c3cccc4sc5ccccc5c34)n2)cc1. The van der Waals surface area contributed by atoms with Gasteiger partial charge in [0.2, 0.25) is 0 Å². The molecule has 0 spiro atoms. The fraction of sp³-hybridized carbons (Fsp3) is 0. The number of hydrogen-bond donors (Lipinski definition) is 0. The van der Waals surface area contributed by atoms with Gasteiger partial charge in [-0.3, -0.25) is 0 Å². The van der Waals surface area contributed by atoms with Gasteiger partial charge >= 0.3 is 0 Å². The normalized spacial score (nSPS) is 11.8. The van der Waals surface area contributed by atoms with E-state index in [0.29, 0.717) is 17.5 Å². The van der Waals surface area contributed by atoms with Crippen LogP contribution < -0.4 is 0 Å². The number of rotatable bonds is 4. The first kappa shape index (κ1) is 29.1. The van der Waals surface area contributed by atoms with Crippen molar-refractivity contribution in [1.29, 1.82) is 0 Å². The summed E-state index contributed by atoms with van der Waals surface area (Å²) in [6.45, 7) is 0. The Bertz CT molecular complexity index is 3180. The van der Waals surface area contributed by atoms with Gasteiger partial charge in [0, 0.05) is 53.3 Å². The molecule has 0 aliphatic heterocycles. The average Bonchev–Trinajstić information content (AvgIpc) is 3.76. The molecule has 0 N–H and O–H groups in total. The van der Waals surface area contributed by atoms with Gasteiger partial charge in [-0.05, 0) is 76.1 Å². The molecule has 0 unspecified atom stereocenters. The summed E-state index contributed by atoms with van der Waals surface area (Å²) in [5.41, 5.74) is 6.35. The molecule has 0 bridgehead atoms. The first-order chi connectivity index (χ1) is 25.8. The first-order valence-corrected chi connectivity index (χ1v) is 18.3. The lowest BCUT2D eigenvalue weighted by Crippen LogP contribution is -2.01. The van der Waals surface area contributed by atoms with Crippen LogP contribution in [-0.4, -0.2) is 19.5 Å². The number of nitrogens with zero attached hydrogens (tertiary/aromatic N) is 4. The van der Waals surface area contributed by atoms with Crippen LogP contribution in [0.3, 0.4) is 0 Å². The van der Waals surface area contributed by atoms with E-state index in [1.165, 1.54) is 63.5 Å². The van der Waals surface area contributed by atoms with Crippen molar-refractivity contribution in [2.45, 2.75) is 0 Å². The number of aromatic nitrogens is 4. The van der Waals surface area contributed by atoms with Gasteiger partial charge < -0.3 is 4.57 Å². The number of benzene rings is 8. The van der Waals surface area contributed by atoms with Gasteiger partial charge in [0.15, 0.2) is 17.5 Å². The van der Waals surface area contributed by atoms with Crippen molar-refractivity contribution < 1.29 is 0 Å². The van der Waals surface area contributed by atoms with E-state index in [2.05, 4.69) is 156 Å². The van der Waals surface area contributed by atoms with Gasteiger partial charge in [0.25, 0.3) is 0 Å². The highest BCUT2D eigenvalue weighted by molar-refractivity contribution is 7.25. The Kier molecular flexibility index (Phi) is 6.39. The van der Waals surface area contributed by atoms with Crippen LogP contribution in [0.1, 0.15) is 0 Å². The molecule has 0 aliphatic rings. The highest BCUT2D eigenvalue weighted by atomic mass is 32.1. The number of hydrogen-bond acceptors (Lipinski definition) is 4. The summed E-state index contributed by atoms with van der Waals surface area (Å²) >= 11 is 1.80. The molecule has 0 atom stereocenters. The zero-order valence-electron chi connectivity index (χ0n) is 27.9. The molecule has 3 heterocycles. The van der Waals surface area contributed by atoms with Gasteiger partial charge in [-0.15, -0.1) is 11.3 Å². The summed E-state index contributed by atoms with van der Waals surface area (Å²) in [4.78, 5) is 15.3.